The van der Waals surface area contributed by atoms with Gasteiger partial charge in [-0.05, 0) is 56.3 Å². The van der Waals surface area contributed by atoms with Gasteiger partial charge in [0.1, 0.15) is 5.58 Å². The number of para-hydroxylation sites is 1. The van der Waals surface area contributed by atoms with Crippen molar-refractivity contribution in [3.8, 4) is 0 Å². The second-order valence-corrected chi connectivity index (χ2v) is 8.58. The summed E-state index contributed by atoms with van der Waals surface area (Å²) in [5, 5.41) is 8.57. The van der Waals surface area contributed by atoms with E-state index >= 15 is 0 Å². The number of carbonyl (C=O) groups excluding carboxylic acids is 1. The first kappa shape index (κ1) is 20.0. The summed E-state index contributed by atoms with van der Waals surface area (Å²) in [4.78, 5) is 27.4. The molecule has 2 aromatic heterocycles. The summed E-state index contributed by atoms with van der Waals surface area (Å²) in [7, 11) is 0. The summed E-state index contributed by atoms with van der Waals surface area (Å²) < 4.78 is 7.29. The van der Waals surface area contributed by atoms with Crippen molar-refractivity contribution in [3.05, 3.63) is 63.8 Å². The Morgan fingerprint density at radius 2 is 2.03 bits per heavy atom. The molecule has 1 atom stereocenters. The quantitative estimate of drug-likeness (QED) is 0.663. The highest BCUT2D eigenvalue weighted by Crippen LogP contribution is 2.20. The van der Waals surface area contributed by atoms with Gasteiger partial charge in [0.05, 0.1) is 12.2 Å². The van der Waals surface area contributed by atoms with Crippen LogP contribution in [-0.4, -0.2) is 46.3 Å². The smallest absolute Gasteiger partial charge is 0.287 e. The molecule has 3 heterocycles. The topological polar surface area (TPSA) is 80.4 Å². The van der Waals surface area contributed by atoms with Crippen LogP contribution in [0.3, 0.4) is 0 Å². The third-order valence-corrected chi connectivity index (χ3v) is 6.52. The van der Waals surface area contributed by atoms with Crippen LogP contribution in [0.2, 0.25) is 0 Å². The summed E-state index contributed by atoms with van der Waals surface area (Å²) in [6, 6.07) is 11.4. The van der Waals surface area contributed by atoms with E-state index in [0.717, 1.165) is 73.8 Å². The molecule has 0 spiro atoms. The summed E-state index contributed by atoms with van der Waals surface area (Å²) in [6.45, 7) is 2.89. The maximum absolute atomic E-state index is 12.6. The Balaban J connectivity index is 1.20. The lowest BCUT2D eigenvalue weighted by Gasteiger charge is -2.35. The fraction of sp³-hybridized carbons (Fsp3) is 0.458. The zero-order chi connectivity index (χ0) is 21.2. The average molecular weight is 421 g/mol. The molecular formula is C24H28N4O3. The molecule has 1 unspecified atom stereocenters. The largest absolute Gasteiger partial charge is 0.451 e. The van der Waals surface area contributed by atoms with Crippen molar-refractivity contribution in [3.63, 3.8) is 0 Å². The second-order valence-electron chi connectivity index (χ2n) is 8.58. The zero-order valence-corrected chi connectivity index (χ0v) is 17.7. The van der Waals surface area contributed by atoms with Crippen LogP contribution in [-0.2, 0) is 19.4 Å². The van der Waals surface area contributed by atoms with Gasteiger partial charge < -0.3 is 9.73 Å². The van der Waals surface area contributed by atoms with Crippen LogP contribution in [0.1, 0.15) is 47.5 Å². The number of aromatic nitrogens is 2. The van der Waals surface area contributed by atoms with E-state index in [1.165, 1.54) is 0 Å². The van der Waals surface area contributed by atoms with E-state index in [1.54, 1.807) is 16.8 Å². The molecule has 3 aromatic rings. The summed E-state index contributed by atoms with van der Waals surface area (Å²) in [5.41, 5.74) is 2.91. The van der Waals surface area contributed by atoms with Crippen LogP contribution in [0.5, 0.6) is 0 Å². The first-order valence-corrected chi connectivity index (χ1v) is 11.3. The number of piperidine rings is 1. The van der Waals surface area contributed by atoms with Gasteiger partial charge in [-0.3, -0.25) is 14.5 Å². The van der Waals surface area contributed by atoms with Crippen molar-refractivity contribution in [1.29, 1.82) is 0 Å². The van der Waals surface area contributed by atoms with Crippen LogP contribution in [0.25, 0.3) is 11.0 Å². The van der Waals surface area contributed by atoms with Gasteiger partial charge in [0.2, 0.25) is 0 Å². The van der Waals surface area contributed by atoms with E-state index in [4.69, 9.17) is 4.42 Å². The van der Waals surface area contributed by atoms with Gasteiger partial charge in [-0.25, -0.2) is 4.68 Å². The highest BCUT2D eigenvalue weighted by atomic mass is 16.3. The normalized spacial score (nSPS) is 18.9. The van der Waals surface area contributed by atoms with Gasteiger partial charge in [0, 0.05) is 30.6 Å². The highest BCUT2D eigenvalue weighted by Gasteiger charge is 2.24. The highest BCUT2D eigenvalue weighted by molar-refractivity contribution is 5.96. The Morgan fingerprint density at radius 1 is 1.13 bits per heavy atom. The van der Waals surface area contributed by atoms with Gasteiger partial charge in [-0.1, -0.05) is 24.6 Å². The number of rotatable bonds is 6. The zero-order valence-electron chi connectivity index (χ0n) is 17.7. The molecule has 0 radical (unpaired) electrons. The Morgan fingerprint density at radius 3 is 2.94 bits per heavy atom. The van der Waals surface area contributed by atoms with Crippen molar-refractivity contribution < 1.29 is 9.21 Å². The molecule has 0 saturated carbocycles. The summed E-state index contributed by atoms with van der Waals surface area (Å²) in [5.74, 6) is 0.163. The number of nitrogens with zero attached hydrogens (tertiary/aromatic N) is 3. The lowest BCUT2D eigenvalue weighted by atomic mass is 10.0. The Kier molecular flexibility index (Phi) is 5.59. The molecule has 162 valence electrons. The minimum absolute atomic E-state index is 0.00704. The van der Waals surface area contributed by atoms with Gasteiger partial charge >= 0.3 is 0 Å². The number of hydrogen-bond donors (Lipinski definition) is 1. The molecule has 1 saturated heterocycles. The number of fused-ring (bicyclic) bond motifs is 2. The van der Waals surface area contributed by atoms with Crippen LogP contribution in [0.15, 0.2) is 45.6 Å². The van der Waals surface area contributed by atoms with E-state index < -0.39 is 0 Å². The minimum atomic E-state index is -0.182. The molecule has 1 fully saturated rings. The van der Waals surface area contributed by atoms with E-state index in [0.29, 0.717) is 18.8 Å². The van der Waals surface area contributed by atoms with Crippen LogP contribution >= 0.6 is 0 Å². The number of hydrogen-bond acceptors (Lipinski definition) is 5. The fourth-order valence-corrected chi connectivity index (χ4v) is 4.80. The number of amides is 1. The van der Waals surface area contributed by atoms with Crippen LogP contribution < -0.4 is 10.9 Å². The van der Waals surface area contributed by atoms with Crippen molar-refractivity contribution >= 4 is 16.9 Å². The van der Waals surface area contributed by atoms with Gasteiger partial charge in [0.15, 0.2) is 5.76 Å². The molecule has 1 N–H and O–H groups in total. The molecule has 7 nitrogen and oxygen atoms in total. The first-order chi connectivity index (χ1) is 15.2. The molecule has 0 bridgehead atoms. The van der Waals surface area contributed by atoms with Gasteiger partial charge in [-0.15, -0.1) is 0 Å². The van der Waals surface area contributed by atoms with Crippen molar-refractivity contribution in [2.75, 3.05) is 19.6 Å². The number of likely N-dealkylation sites (tertiary alicyclic amines) is 1. The molecule has 31 heavy (non-hydrogen) atoms. The molecule has 2 aliphatic rings. The molecular weight excluding hydrogens is 392 g/mol. The lowest BCUT2D eigenvalue weighted by molar-refractivity contribution is 0.0884. The summed E-state index contributed by atoms with van der Waals surface area (Å²) >= 11 is 0. The molecule has 5 rings (SSSR count). The van der Waals surface area contributed by atoms with E-state index in [1.807, 2.05) is 24.3 Å². The molecule has 7 heteroatoms. The van der Waals surface area contributed by atoms with E-state index in [2.05, 4.69) is 15.3 Å². The molecule has 1 aromatic carbocycles. The third-order valence-electron chi connectivity index (χ3n) is 6.52. The first-order valence-electron chi connectivity index (χ1n) is 11.3. The Bertz CT molecular complexity index is 1120. The fourth-order valence-electron chi connectivity index (χ4n) is 4.80. The number of furan rings is 1. The number of carbonyl (C=O) groups is 1. The third kappa shape index (κ3) is 4.28. The monoisotopic (exact) mass is 420 g/mol. The standard InChI is InChI=1S/C24H28N4O3/c29-23-15-17-7-5-9-20(17)26-28(23)13-12-27-11-4-3-8-19(27)16-25-24(30)22-14-18-6-1-2-10-21(18)31-22/h1-2,6,10,14-15,19H,3-5,7-9,11-13,16H2,(H,25,30). The summed E-state index contributed by atoms with van der Waals surface area (Å²) in [6.07, 6.45) is 6.35. The molecule has 1 aliphatic heterocycles. The van der Waals surface area contributed by atoms with Gasteiger partial charge in [0.25, 0.3) is 11.5 Å². The minimum Gasteiger partial charge on any atom is -0.451 e. The second kappa shape index (κ2) is 8.67. The maximum atomic E-state index is 12.6. The average Bonchev–Trinajstić information content (AvgIpc) is 3.42. The predicted octanol–water partition coefficient (Wildman–Crippen LogP) is 2.76. The number of aryl methyl sites for hydroxylation is 2. The van der Waals surface area contributed by atoms with E-state index in [-0.39, 0.29) is 17.5 Å². The predicted molar refractivity (Wildman–Crippen MR) is 118 cm³/mol. The van der Waals surface area contributed by atoms with Crippen molar-refractivity contribution in [2.24, 2.45) is 0 Å². The van der Waals surface area contributed by atoms with Gasteiger partial charge in [-0.2, -0.15) is 5.10 Å². The van der Waals surface area contributed by atoms with Crippen molar-refractivity contribution in [2.45, 2.75) is 51.1 Å². The number of benzene rings is 1. The maximum Gasteiger partial charge on any atom is 0.287 e. The van der Waals surface area contributed by atoms with Crippen LogP contribution in [0, 0.1) is 0 Å². The molecule has 1 amide bonds. The SMILES string of the molecule is O=C(NCC1CCCCN1CCn1nc2c(cc1=O)CCC2)c1cc2ccccc2o1. The Hall–Kier alpha value is -2.93. The van der Waals surface area contributed by atoms with Crippen molar-refractivity contribution in [1.82, 2.24) is 20.0 Å². The lowest BCUT2D eigenvalue weighted by Crippen LogP contribution is -2.48. The molecule has 1 aliphatic carbocycles. The van der Waals surface area contributed by atoms with E-state index in [9.17, 15) is 9.59 Å². The number of nitrogens with one attached hydrogen (secondary N) is 1. The Labute approximate surface area is 181 Å². The van der Waals surface area contributed by atoms with Crippen LogP contribution in [0.4, 0.5) is 0 Å².